The number of nitrogens with one attached hydrogen (secondary N) is 3. The SMILES string of the molecule is CCc1c(C(=O)NNc2ccc(S(=O)(=O)NC3CC3)cc2)cnn1-c1ccccn1. The quantitative estimate of drug-likeness (QED) is 0.475. The zero-order chi connectivity index (χ0) is 21.1. The maximum Gasteiger partial charge on any atom is 0.273 e. The maximum atomic E-state index is 12.6. The van der Waals surface area contributed by atoms with E-state index >= 15 is 0 Å². The molecule has 10 heteroatoms. The molecule has 2 aromatic heterocycles. The van der Waals surface area contributed by atoms with Crippen molar-refractivity contribution in [1.29, 1.82) is 0 Å². The lowest BCUT2D eigenvalue weighted by Crippen LogP contribution is -2.30. The molecule has 0 atom stereocenters. The van der Waals surface area contributed by atoms with E-state index in [-0.39, 0.29) is 16.8 Å². The third kappa shape index (κ3) is 4.34. The molecule has 1 aliphatic carbocycles. The molecule has 1 aliphatic rings. The second kappa shape index (κ2) is 8.25. The van der Waals surface area contributed by atoms with Crippen LogP contribution in [-0.2, 0) is 16.4 Å². The molecule has 1 saturated carbocycles. The highest BCUT2D eigenvalue weighted by Gasteiger charge is 2.27. The number of hydrogen-bond donors (Lipinski definition) is 3. The van der Waals surface area contributed by atoms with E-state index in [0.29, 0.717) is 23.5 Å². The Morgan fingerprint density at radius 1 is 1.17 bits per heavy atom. The van der Waals surface area contributed by atoms with Crippen molar-refractivity contribution in [1.82, 2.24) is 24.9 Å². The average molecular weight is 427 g/mol. The van der Waals surface area contributed by atoms with Gasteiger partial charge in [0, 0.05) is 12.2 Å². The van der Waals surface area contributed by atoms with Crippen molar-refractivity contribution in [3.8, 4) is 5.82 Å². The fourth-order valence-corrected chi connectivity index (χ4v) is 4.29. The van der Waals surface area contributed by atoms with Crippen LogP contribution in [-0.4, -0.2) is 35.1 Å². The monoisotopic (exact) mass is 426 g/mol. The van der Waals surface area contributed by atoms with Gasteiger partial charge in [-0.05, 0) is 55.7 Å². The summed E-state index contributed by atoms with van der Waals surface area (Å²) in [5.41, 5.74) is 7.16. The van der Waals surface area contributed by atoms with Crippen LogP contribution in [0.4, 0.5) is 5.69 Å². The van der Waals surface area contributed by atoms with Gasteiger partial charge in [0.25, 0.3) is 5.91 Å². The van der Waals surface area contributed by atoms with Crippen molar-refractivity contribution in [3.05, 3.63) is 66.1 Å². The average Bonchev–Trinajstić information content (AvgIpc) is 3.46. The normalized spacial score (nSPS) is 13.8. The zero-order valence-corrected chi connectivity index (χ0v) is 17.2. The Kier molecular flexibility index (Phi) is 5.51. The summed E-state index contributed by atoms with van der Waals surface area (Å²) < 4.78 is 28.7. The van der Waals surface area contributed by atoms with Gasteiger partial charge < -0.3 is 0 Å². The molecule has 0 spiro atoms. The van der Waals surface area contributed by atoms with Crippen LogP contribution in [0, 0.1) is 0 Å². The van der Waals surface area contributed by atoms with Crippen LogP contribution in [0.2, 0.25) is 0 Å². The van der Waals surface area contributed by atoms with Crippen LogP contribution in [0.1, 0.15) is 35.8 Å². The van der Waals surface area contributed by atoms with Gasteiger partial charge in [-0.15, -0.1) is 0 Å². The predicted octanol–water partition coefficient (Wildman–Crippen LogP) is 2.03. The standard InChI is InChI=1S/C20H22N6O3S/c1-2-18-17(13-22-26(18)19-5-3-4-12-21-19)20(27)24-23-14-8-10-16(11-9-14)30(28,29)25-15-6-7-15/h3-5,8-13,15,23,25H,2,6-7H2,1H3,(H,24,27). The van der Waals surface area contributed by atoms with E-state index < -0.39 is 10.0 Å². The number of amides is 1. The maximum absolute atomic E-state index is 12.6. The molecule has 0 unspecified atom stereocenters. The van der Waals surface area contributed by atoms with Gasteiger partial charge >= 0.3 is 0 Å². The summed E-state index contributed by atoms with van der Waals surface area (Å²) in [5, 5.41) is 4.29. The van der Waals surface area contributed by atoms with Crippen LogP contribution in [0.5, 0.6) is 0 Å². The first-order chi connectivity index (χ1) is 14.5. The fourth-order valence-electron chi connectivity index (χ4n) is 2.98. The van der Waals surface area contributed by atoms with Crippen LogP contribution in [0.25, 0.3) is 5.82 Å². The number of aromatic nitrogens is 3. The minimum Gasteiger partial charge on any atom is -0.298 e. The molecule has 30 heavy (non-hydrogen) atoms. The van der Waals surface area contributed by atoms with E-state index in [1.54, 1.807) is 23.0 Å². The van der Waals surface area contributed by atoms with Gasteiger partial charge in [0.1, 0.15) is 0 Å². The van der Waals surface area contributed by atoms with Crippen molar-refractivity contribution in [2.24, 2.45) is 0 Å². The number of sulfonamides is 1. The van der Waals surface area contributed by atoms with Crippen LogP contribution < -0.4 is 15.6 Å². The zero-order valence-electron chi connectivity index (χ0n) is 16.4. The summed E-state index contributed by atoms with van der Waals surface area (Å²) in [7, 11) is -3.50. The van der Waals surface area contributed by atoms with Crippen molar-refractivity contribution in [2.75, 3.05) is 5.43 Å². The number of hydrazine groups is 1. The molecule has 1 fully saturated rings. The highest BCUT2D eigenvalue weighted by Crippen LogP contribution is 2.22. The van der Waals surface area contributed by atoms with Gasteiger partial charge in [-0.1, -0.05) is 13.0 Å². The molecule has 3 aromatic rings. The van der Waals surface area contributed by atoms with E-state index in [4.69, 9.17) is 0 Å². The first kappa shape index (κ1) is 20.0. The first-order valence-corrected chi connectivity index (χ1v) is 11.1. The molecule has 2 heterocycles. The molecule has 0 bridgehead atoms. The smallest absolute Gasteiger partial charge is 0.273 e. The molecule has 9 nitrogen and oxygen atoms in total. The van der Waals surface area contributed by atoms with Crippen LogP contribution >= 0.6 is 0 Å². The molecule has 0 radical (unpaired) electrons. The number of pyridine rings is 1. The Morgan fingerprint density at radius 3 is 2.57 bits per heavy atom. The summed E-state index contributed by atoms with van der Waals surface area (Å²) in [4.78, 5) is 17.1. The second-order valence-electron chi connectivity index (χ2n) is 6.96. The van der Waals surface area contributed by atoms with Gasteiger partial charge in [-0.25, -0.2) is 22.8 Å². The Bertz CT molecular complexity index is 1140. The number of carbonyl (C=O) groups excluding carboxylic acids is 1. The summed E-state index contributed by atoms with van der Waals surface area (Å²) in [6.07, 6.45) is 5.52. The van der Waals surface area contributed by atoms with E-state index in [9.17, 15) is 13.2 Å². The van der Waals surface area contributed by atoms with E-state index in [1.165, 1.54) is 18.3 Å². The third-order valence-electron chi connectivity index (χ3n) is 4.70. The van der Waals surface area contributed by atoms with Crippen molar-refractivity contribution < 1.29 is 13.2 Å². The molecule has 4 rings (SSSR count). The van der Waals surface area contributed by atoms with Gasteiger partial charge in [0.05, 0.1) is 28.0 Å². The Morgan fingerprint density at radius 2 is 1.93 bits per heavy atom. The van der Waals surface area contributed by atoms with E-state index in [1.807, 2.05) is 25.1 Å². The highest BCUT2D eigenvalue weighted by molar-refractivity contribution is 7.89. The number of benzene rings is 1. The molecular formula is C20H22N6O3S. The molecule has 1 amide bonds. The van der Waals surface area contributed by atoms with E-state index in [2.05, 4.69) is 25.7 Å². The van der Waals surface area contributed by atoms with Gasteiger partial charge in [0.15, 0.2) is 5.82 Å². The minimum atomic E-state index is -3.50. The predicted molar refractivity (Wildman–Crippen MR) is 112 cm³/mol. The first-order valence-electron chi connectivity index (χ1n) is 9.65. The number of carbonyl (C=O) groups is 1. The minimum absolute atomic E-state index is 0.0480. The van der Waals surface area contributed by atoms with Crippen LogP contribution in [0.15, 0.2) is 59.8 Å². The summed E-state index contributed by atoms with van der Waals surface area (Å²) >= 11 is 0. The lowest BCUT2D eigenvalue weighted by molar-refractivity contribution is 0.0961. The van der Waals surface area contributed by atoms with Gasteiger partial charge in [-0.3, -0.25) is 15.6 Å². The van der Waals surface area contributed by atoms with Gasteiger partial charge in [0.2, 0.25) is 10.0 Å². The summed E-state index contributed by atoms with van der Waals surface area (Å²) in [6, 6.07) is 11.7. The molecule has 0 saturated heterocycles. The summed E-state index contributed by atoms with van der Waals surface area (Å²) in [6.45, 7) is 1.94. The molecule has 1 aromatic carbocycles. The molecule has 0 aliphatic heterocycles. The fraction of sp³-hybridized carbons (Fsp3) is 0.250. The largest absolute Gasteiger partial charge is 0.298 e. The van der Waals surface area contributed by atoms with E-state index in [0.717, 1.165) is 18.5 Å². The Balaban J connectivity index is 1.43. The highest BCUT2D eigenvalue weighted by atomic mass is 32.2. The Hall–Kier alpha value is -3.24. The summed E-state index contributed by atoms with van der Waals surface area (Å²) in [5.74, 6) is 0.291. The van der Waals surface area contributed by atoms with Crippen LogP contribution in [0.3, 0.4) is 0 Å². The topological polar surface area (TPSA) is 118 Å². The molecular weight excluding hydrogens is 404 g/mol. The number of anilines is 1. The lowest BCUT2D eigenvalue weighted by Gasteiger charge is -2.11. The van der Waals surface area contributed by atoms with Crippen molar-refractivity contribution in [3.63, 3.8) is 0 Å². The van der Waals surface area contributed by atoms with Crippen molar-refractivity contribution >= 4 is 21.6 Å². The number of rotatable bonds is 8. The van der Waals surface area contributed by atoms with Crippen molar-refractivity contribution in [2.45, 2.75) is 37.1 Å². The third-order valence-corrected chi connectivity index (χ3v) is 6.24. The van der Waals surface area contributed by atoms with Gasteiger partial charge in [-0.2, -0.15) is 5.10 Å². The second-order valence-corrected chi connectivity index (χ2v) is 8.67. The molecule has 3 N–H and O–H groups in total. The Labute approximate surface area is 174 Å². The lowest BCUT2D eigenvalue weighted by atomic mass is 10.2. The number of nitrogens with zero attached hydrogens (tertiary/aromatic N) is 3. The molecule has 156 valence electrons. The number of hydrogen-bond acceptors (Lipinski definition) is 6.